The summed E-state index contributed by atoms with van der Waals surface area (Å²) in [6.07, 6.45) is 2.51. The van der Waals surface area contributed by atoms with Crippen molar-refractivity contribution in [2.75, 3.05) is 13.7 Å². The van der Waals surface area contributed by atoms with Crippen molar-refractivity contribution in [2.45, 2.75) is 18.9 Å². The molecule has 0 fully saturated rings. The van der Waals surface area contributed by atoms with Crippen LogP contribution in [-0.4, -0.2) is 18.8 Å². The van der Waals surface area contributed by atoms with Crippen LogP contribution >= 0.6 is 0 Å². The number of aliphatic hydroxyl groups excluding tert-OH is 1. The molecule has 92 valence electrons. The molecule has 1 N–H and O–H groups in total. The lowest BCUT2D eigenvalue weighted by Crippen LogP contribution is -2.08. The fourth-order valence-corrected chi connectivity index (χ4v) is 1.85. The summed E-state index contributed by atoms with van der Waals surface area (Å²) in [6, 6.07) is 4.36. The number of hydrogen-bond donors (Lipinski definition) is 1. The number of aliphatic hydroxyl groups is 1. The number of rotatable bonds is 3. The Labute approximate surface area is 99.5 Å². The summed E-state index contributed by atoms with van der Waals surface area (Å²) in [5, 5.41) is 10.1. The van der Waals surface area contributed by atoms with Crippen LogP contribution in [0.4, 0.5) is 4.39 Å². The van der Waals surface area contributed by atoms with E-state index in [1.807, 2.05) is 0 Å². The molecular weight excluding hydrogens is 223 g/mol. The highest BCUT2D eigenvalue weighted by Crippen LogP contribution is 2.30. The van der Waals surface area contributed by atoms with E-state index in [-0.39, 0.29) is 5.75 Å². The van der Waals surface area contributed by atoms with Crippen molar-refractivity contribution in [3.8, 4) is 5.75 Å². The lowest BCUT2D eigenvalue weighted by Gasteiger charge is -2.19. The smallest absolute Gasteiger partial charge is 0.165 e. The maximum atomic E-state index is 13.2. The Morgan fingerprint density at radius 2 is 2.29 bits per heavy atom. The first-order valence-corrected chi connectivity index (χ1v) is 5.54. The van der Waals surface area contributed by atoms with Gasteiger partial charge >= 0.3 is 0 Å². The molecular formula is C13H15FO3. The summed E-state index contributed by atoms with van der Waals surface area (Å²) >= 11 is 0. The minimum absolute atomic E-state index is 0.138. The van der Waals surface area contributed by atoms with E-state index in [9.17, 15) is 9.50 Å². The molecule has 3 nitrogen and oxygen atoms in total. The topological polar surface area (TPSA) is 38.7 Å². The molecule has 4 heteroatoms. The van der Waals surface area contributed by atoms with E-state index < -0.39 is 11.9 Å². The summed E-state index contributed by atoms with van der Waals surface area (Å²) < 4.78 is 23.3. The number of ether oxygens (including phenoxy) is 2. The van der Waals surface area contributed by atoms with Gasteiger partial charge in [0.2, 0.25) is 0 Å². The zero-order chi connectivity index (χ0) is 12.3. The van der Waals surface area contributed by atoms with Crippen molar-refractivity contribution in [1.82, 2.24) is 0 Å². The number of halogens is 1. The number of methoxy groups -OCH3 is 1. The lowest BCUT2D eigenvalue weighted by atomic mass is 9.98. The van der Waals surface area contributed by atoms with E-state index in [4.69, 9.17) is 9.47 Å². The van der Waals surface area contributed by atoms with E-state index in [2.05, 4.69) is 0 Å². The van der Waals surface area contributed by atoms with Crippen molar-refractivity contribution < 1.29 is 19.0 Å². The van der Waals surface area contributed by atoms with Gasteiger partial charge in [-0.05, 0) is 36.1 Å². The highest BCUT2D eigenvalue weighted by Gasteiger charge is 2.17. The van der Waals surface area contributed by atoms with Crippen LogP contribution in [0.1, 0.15) is 24.5 Å². The Morgan fingerprint density at radius 1 is 1.47 bits per heavy atom. The first-order valence-electron chi connectivity index (χ1n) is 5.54. The highest BCUT2D eigenvalue weighted by molar-refractivity contribution is 5.34. The first kappa shape index (κ1) is 11.9. The van der Waals surface area contributed by atoms with Crippen LogP contribution in [0.25, 0.3) is 0 Å². The normalized spacial score (nSPS) is 17.0. The second-order valence-corrected chi connectivity index (χ2v) is 3.96. The maximum Gasteiger partial charge on any atom is 0.165 e. The fraction of sp³-hybridized carbons (Fsp3) is 0.385. The van der Waals surface area contributed by atoms with Crippen LogP contribution in [0.5, 0.6) is 5.75 Å². The Morgan fingerprint density at radius 3 is 2.94 bits per heavy atom. The minimum Gasteiger partial charge on any atom is -0.501 e. The molecule has 1 aromatic rings. The monoisotopic (exact) mass is 238 g/mol. The van der Waals surface area contributed by atoms with Gasteiger partial charge in [0.05, 0.1) is 20.0 Å². The lowest BCUT2D eigenvalue weighted by molar-refractivity contribution is 0.170. The molecule has 0 saturated heterocycles. The molecule has 0 bridgehead atoms. The van der Waals surface area contributed by atoms with Crippen molar-refractivity contribution in [3.63, 3.8) is 0 Å². The Balaban J connectivity index is 2.24. The number of hydrogen-bond acceptors (Lipinski definition) is 3. The van der Waals surface area contributed by atoms with Crippen LogP contribution < -0.4 is 4.74 Å². The summed E-state index contributed by atoms with van der Waals surface area (Å²) in [6.45, 7) is 0.683. The van der Waals surface area contributed by atoms with Crippen molar-refractivity contribution >= 4 is 0 Å². The second-order valence-electron chi connectivity index (χ2n) is 3.96. The van der Waals surface area contributed by atoms with Crippen LogP contribution in [0.15, 0.2) is 30.0 Å². The third-order valence-corrected chi connectivity index (χ3v) is 2.80. The van der Waals surface area contributed by atoms with Crippen molar-refractivity contribution in [3.05, 3.63) is 41.4 Å². The SMILES string of the molecule is COc1cc(C(O)C2=COCCC2)ccc1F. The molecule has 1 unspecified atom stereocenters. The van der Waals surface area contributed by atoms with Crippen LogP contribution in [0.3, 0.4) is 0 Å². The van der Waals surface area contributed by atoms with E-state index >= 15 is 0 Å². The molecule has 0 spiro atoms. The number of benzene rings is 1. The van der Waals surface area contributed by atoms with Gasteiger partial charge in [-0.15, -0.1) is 0 Å². The molecule has 0 saturated carbocycles. The molecule has 1 aliphatic rings. The predicted octanol–water partition coefficient (Wildman–Crippen LogP) is 2.56. The molecule has 1 atom stereocenters. The van der Waals surface area contributed by atoms with E-state index in [1.165, 1.54) is 19.2 Å². The van der Waals surface area contributed by atoms with Gasteiger partial charge in [-0.25, -0.2) is 4.39 Å². The van der Waals surface area contributed by atoms with Crippen LogP contribution in [0.2, 0.25) is 0 Å². The van der Waals surface area contributed by atoms with Gasteiger partial charge in [0, 0.05) is 0 Å². The van der Waals surface area contributed by atoms with Crippen molar-refractivity contribution in [2.24, 2.45) is 0 Å². The molecule has 1 heterocycles. The van der Waals surface area contributed by atoms with E-state index in [0.29, 0.717) is 12.2 Å². The maximum absolute atomic E-state index is 13.2. The highest BCUT2D eigenvalue weighted by atomic mass is 19.1. The Bertz CT molecular complexity index is 429. The minimum atomic E-state index is -0.759. The van der Waals surface area contributed by atoms with Gasteiger partial charge in [-0.1, -0.05) is 6.07 Å². The Hall–Kier alpha value is -1.55. The molecule has 0 radical (unpaired) electrons. The molecule has 0 aromatic heterocycles. The summed E-state index contributed by atoms with van der Waals surface area (Å²) in [5.41, 5.74) is 1.42. The summed E-state index contributed by atoms with van der Waals surface area (Å²) in [7, 11) is 1.40. The van der Waals surface area contributed by atoms with Gasteiger partial charge < -0.3 is 14.6 Å². The fourth-order valence-electron chi connectivity index (χ4n) is 1.85. The van der Waals surface area contributed by atoms with E-state index in [1.54, 1.807) is 12.3 Å². The molecule has 0 amide bonds. The third-order valence-electron chi connectivity index (χ3n) is 2.80. The van der Waals surface area contributed by atoms with Gasteiger partial charge in [-0.3, -0.25) is 0 Å². The van der Waals surface area contributed by atoms with Crippen molar-refractivity contribution in [1.29, 1.82) is 0 Å². The standard InChI is InChI=1S/C13H15FO3/c1-16-12-7-9(4-5-11(12)14)13(15)10-3-2-6-17-8-10/h4-5,7-8,13,15H,2-3,6H2,1H3. The summed E-state index contributed by atoms with van der Waals surface area (Å²) in [5.74, 6) is -0.295. The van der Waals surface area contributed by atoms with Gasteiger partial charge in [-0.2, -0.15) is 0 Å². The molecule has 0 aliphatic carbocycles. The van der Waals surface area contributed by atoms with Gasteiger partial charge in [0.15, 0.2) is 11.6 Å². The predicted molar refractivity (Wildman–Crippen MR) is 61.2 cm³/mol. The quantitative estimate of drug-likeness (QED) is 0.879. The molecule has 17 heavy (non-hydrogen) atoms. The van der Waals surface area contributed by atoms with Gasteiger partial charge in [0.1, 0.15) is 6.10 Å². The Kier molecular flexibility index (Phi) is 3.64. The zero-order valence-corrected chi connectivity index (χ0v) is 9.65. The van der Waals surface area contributed by atoms with E-state index in [0.717, 1.165) is 18.4 Å². The third kappa shape index (κ3) is 2.58. The van der Waals surface area contributed by atoms with Gasteiger partial charge in [0.25, 0.3) is 0 Å². The molecule has 2 rings (SSSR count). The largest absolute Gasteiger partial charge is 0.501 e. The average Bonchev–Trinajstić information content (AvgIpc) is 2.39. The molecule has 1 aromatic carbocycles. The second kappa shape index (κ2) is 5.19. The molecule has 1 aliphatic heterocycles. The summed E-state index contributed by atoms with van der Waals surface area (Å²) in [4.78, 5) is 0. The van der Waals surface area contributed by atoms with Crippen LogP contribution in [0, 0.1) is 5.82 Å². The zero-order valence-electron chi connectivity index (χ0n) is 9.65. The average molecular weight is 238 g/mol. The van der Waals surface area contributed by atoms with Crippen LogP contribution in [-0.2, 0) is 4.74 Å². The first-order chi connectivity index (χ1) is 8.22.